The highest BCUT2D eigenvalue weighted by Crippen LogP contribution is 2.42. The molecule has 0 spiro atoms. The Balaban J connectivity index is 1.76. The number of fused-ring (bicyclic) bond motifs is 1. The number of hydrogen-bond acceptors (Lipinski definition) is 5. The fourth-order valence-electron chi connectivity index (χ4n) is 3.30. The van der Waals surface area contributed by atoms with E-state index in [0.717, 1.165) is 18.5 Å². The molecule has 2 atom stereocenters. The zero-order chi connectivity index (χ0) is 15.7. The van der Waals surface area contributed by atoms with Crippen molar-refractivity contribution in [1.29, 1.82) is 0 Å². The van der Waals surface area contributed by atoms with Crippen molar-refractivity contribution in [2.75, 3.05) is 27.0 Å². The molecule has 1 saturated heterocycles. The molecule has 2 unspecified atom stereocenters. The van der Waals surface area contributed by atoms with E-state index in [4.69, 9.17) is 14.2 Å². The van der Waals surface area contributed by atoms with Crippen molar-refractivity contribution < 1.29 is 24.1 Å². The summed E-state index contributed by atoms with van der Waals surface area (Å²) in [6.45, 7) is 4.47. The molecule has 22 heavy (non-hydrogen) atoms. The number of piperidine rings is 1. The van der Waals surface area contributed by atoms with Crippen LogP contribution in [0.2, 0.25) is 0 Å². The average Bonchev–Trinajstić information content (AvgIpc) is 2.94. The fourth-order valence-corrected chi connectivity index (χ4v) is 3.30. The summed E-state index contributed by atoms with van der Waals surface area (Å²) >= 11 is 0. The van der Waals surface area contributed by atoms with Gasteiger partial charge in [-0.05, 0) is 30.0 Å². The summed E-state index contributed by atoms with van der Waals surface area (Å²) in [5.74, 6) is 1.37. The van der Waals surface area contributed by atoms with Crippen molar-refractivity contribution in [2.45, 2.75) is 19.9 Å². The van der Waals surface area contributed by atoms with Crippen LogP contribution in [0.3, 0.4) is 0 Å². The highest BCUT2D eigenvalue weighted by atomic mass is 16.7. The number of benzene rings is 1. The number of methoxy groups -OCH3 is 1. The molecule has 0 saturated carbocycles. The van der Waals surface area contributed by atoms with E-state index in [2.05, 4.69) is 11.8 Å². The second-order valence-corrected chi connectivity index (χ2v) is 6.10. The van der Waals surface area contributed by atoms with E-state index in [9.17, 15) is 9.90 Å². The highest BCUT2D eigenvalue weighted by molar-refractivity contribution is 5.70. The lowest BCUT2D eigenvalue weighted by molar-refractivity contribution is -0.144. The predicted molar refractivity (Wildman–Crippen MR) is 79.3 cm³/mol. The lowest BCUT2D eigenvalue weighted by atomic mass is 9.90. The van der Waals surface area contributed by atoms with Gasteiger partial charge in [-0.2, -0.15) is 0 Å². The molecule has 3 rings (SSSR count). The number of ether oxygens (including phenoxy) is 3. The van der Waals surface area contributed by atoms with E-state index in [1.165, 1.54) is 0 Å². The third-order valence-corrected chi connectivity index (χ3v) is 4.21. The maximum Gasteiger partial charge on any atom is 0.307 e. The number of nitrogens with zero attached hydrogens (tertiary/aromatic N) is 1. The van der Waals surface area contributed by atoms with Gasteiger partial charge in [-0.3, -0.25) is 9.69 Å². The standard InChI is InChI=1S/C16H21NO5/c1-10-3-12(16(18)19)8-17(6-10)7-11-4-13(20-2)15-14(5-11)21-9-22-15/h4-5,10,12H,3,6-9H2,1-2H3,(H,18,19). The zero-order valence-electron chi connectivity index (χ0n) is 12.9. The van der Waals surface area contributed by atoms with Gasteiger partial charge in [0, 0.05) is 19.6 Å². The molecule has 2 aliphatic rings. The van der Waals surface area contributed by atoms with Crippen LogP contribution in [0.4, 0.5) is 0 Å². The lowest BCUT2D eigenvalue weighted by Crippen LogP contribution is -2.41. The van der Waals surface area contributed by atoms with E-state index in [1.54, 1.807) is 7.11 Å². The molecular formula is C16H21NO5. The fraction of sp³-hybridized carbons (Fsp3) is 0.562. The monoisotopic (exact) mass is 307 g/mol. The topological polar surface area (TPSA) is 68.2 Å². The smallest absolute Gasteiger partial charge is 0.307 e. The van der Waals surface area contributed by atoms with Gasteiger partial charge in [-0.25, -0.2) is 0 Å². The molecule has 0 bridgehead atoms. The Labute approximate surface area is 129 Å². The van der Waals surface area contributed by atoms with Gasteiger partial charge in [0.05, 0.1) is 13.0 Å². The molecule has 1 aromatic carbocycles. The summed E-state index contributed by atoms with van der Waals surface area (Å²) in [6, 6.07) is 3.88. The summed E-state index contributed by atoms with van der Waals surface area (Å²) < 4.78 is 16.2. The SMILES string of the molecule is COc1cc(CN2CC(C)CC(C(=O)O)C2)cc2c1OCO2. The Kier molecular flexibility index (Phi) is 4.11. The third kappa shape index (κ3) is 2.97. The van der Waals surface area contributed by atoms with Gasteiger partial charge < -0.3 is 19.3 Å². The van der Waals surface area contributed by atoms with Crippen LogP contribution in [0.25, 0.3) is 0 Å². The van der Waals surface area contributed by atoms with Crippen molar-refractivity contribution in [3.63, 3.8) is 0 Å². The zero-order valence-corrected chi connectivity index (χ0v) is 12.9. The molecule has 6 nitrogen and oxygen atoms in total. The van der Waals surface area contributed by atoms with Gasteiger partial charge in [0.2, 0.25) is 12.5 Å². The molecule has 1 fully saturated rings. The normalized spacial score (nSPS) is 24.3. The minimum atomic E-state index is -0.709. The van der Waals surface area contributed by atoms with Crippen LogP contribution in [0.5, 0.6) is 17.2 Å². The van der Waals surface area contributed by atoms with E-state index in [1.807, 2.05) is 12.1 Å². The summed E-state index contributed by atoms with van der Waals surface area (Å²) in [7, 11) is 1.60. The maximum absolute atomic E-state index is 11.3. The van der Waals surface area contributed by atoms with Crippen LogP contribution in [0.15, 0.2) is 12.1 Å². The Hall–Kier alpha value is -1.95. The number of carboxylic acids is 1. The van der Waals surface area contributed by atoms with Crippen molar-refractivity contribution >= 4 is 5.97 Å². The summed E-state index contributed by atoms with van der Waals surface area (Å²) in [5.41, 5.74) is 1.04. The Morgan fingerprint density at radius 3 is 2.95 bits per heavy atom. The Morgan fingerprint density at radius 2 is 2.23 bits per heavy atom. The Morgan fingerprint density at radius 1 is 1.41 bits per heavy atom. The minimum absolute atomic E-state index is 0.205. The second-order valence-electron chi connectivity index (χ2n) is 6.10. The van der Waals surface area contributed by atoms with Crippen molar-refractivity contribution in [3.05, 3.63) is 17.7 Å². The van der Waals surface area contributed by atoms with Crippen LogP contribution < -0.4 is 14.2 Å². The number of carboxylic acid groups (broad SMARTS) is 1. The second kappa shape index (κ2) is 6.04. The largest absolute Gasteiger partial charge is 0.493 e. The summed E-state index contributed by atoms with van der Waals surface area (Å²) in [4.78, 5) is 13.5. The van der Waals surface area contributed by atoms with E-state index >= 15 is 0 Å². The summed E-state index contributed by atoms with van der Waals surface area (Å²) in [6.07, 6.45) is 0.746. The molecule has 0 aromatic heterocycles. The molecule has 0 amide bonds. The van der Waals surface area contributed by atoms with E-state index < -0.39 is 5.97 Å². The number of aliphatic carboxylic acids is 1. The van der Waals surface area contributed by atoms with Crippen LogP contribution in [0, 0.1) is 11.8 Å². The number of likely N-dealkylation sites (tertiary alicyclic amines) is 1. The molecule has 0 aliphatic carbocycles. The number of carbonyl (C=O) groups is 1. The van der Waals surface area contributed by atoms with Gasteiger partial charge >= 0.3 is 5.97 Å². The van der Waals surface area contributed by atoms with Crippen LogP contribution in [-0.4, -0.2) is 43.0 Å². The lowest BCUT2D eigenvalue weighted by Gasteiger charge is -2.34. The van der Waals surface area contributed by atoms with Crippen LogP contribution in [-0.2, 0) is 11.3 Å². The molecule has 2 aliphatic heterocycles. The van der Waals surface area contributed by atoms with Gasteiger partial charge in [0.1, 0.15) is 0 Å². The van der Waals surface area contributed by atoms with Crippen molar-refractivity contribution in [3.8, 4) is 17.2 Å². The third-order valence-electron chi connectivity index (χ3n) is 4.21. The quantitative estimate of drug-likeness (QED) is 0.917. The molecule has 6 heteroatoms. The van der Waals surface area contributed by atoms with Crippen LogP contribution >= 0.6 is 0 Å². The van der Waals surface area contributed by atoms with E-state index in [-0.39, 0.29) is 12.7 Å². The predicted octanol–water partition coefficient (Wildman–Crippen LogP) is 1.97. The molecular weight excluding hydrogens is 286 g/mol. The molecule has 2 heterocycles. The van der Waals surface area contributed by atoms with Crippen molar-refractivity contribution in [1.82, 2.24) is 4.90 Å². The van der Waals surface area contributed by atoms with Gasteiger partial charge in [-0.1, -0.05) is 6.92 Å². The molecule has 1 aromatic rings. The first-order valence-electron chi connectivity index (χ1n) is 7.48. The minimum Gasteiger partial charge on any atom is -0.493 e. The highest BCUT2D eigenvalue weighted by Gasteiger charge is 2.30. The number of hydrogen-bond donors (Lipinski definition) is 1. The number of rotatable bonds is 4. The van der Waals surface area contributed by atoms with Crippen molar-refractivity contribution in [2.24, 2.45) is 11.8 Å². The van der Waals surface area contributed by atoms with Gasteiger partial charge in [0.25, 0.3) is 0 Å². The first-order valence-corrected chi connectivity index (χ1v) is 7.48. The first-order chi connectivity index (χ1) is 10.6. The molecule has 1 N–H and O–H groups in total. The molecule has 0 radical (unpaired) electrons. The van der Waals surface area contributed by atoms with E-state index in [0.29, 0.717) is 36.3 Å². The van der Waals surface area contributed by atoms with Crippen LogP contribution in [0.1, 0.15) is 18.9 Å². The van der Waals surface area contributed by atoms with Gasteiger partial charge in [-0.15, -0.1) is 0 Å². The average molecular weight is 307 g/mol. The Bertz CT molecular complexity index is 574. The summed E-state index contributed by atoms with van der Waals surface area (Å²) in [5, 5.41) is 9.27. The first kappa shape index (κ1) is 15.0. The molecule has 120 valence electrons. The van der Waals surface area contributed by atoms with Gasteiger partial charge in [0.15, 0.2) is 11.5 Å². The maximum atomic E-state index is 11.3.